The molecule has 4 nitrogen and oxygen atoms in total. The normalized spacial score (nSPS) is 12.8. The number of hydrogen-bond donors (Lipinski definition) is 0. The van der Waals surface area contributed by atoms with Gasteiger partial charge in [0.15, 0.2) is 11.6 Å². The van der Waals surface area contributed by atoms with Gasteiger partial charge in [-0.15, -0.1) is 0 Å². The molecule has 0 saturated carbocycles. The molecular formula is C15H7O4. The smallest absolute Gasteiger partial charge is 0.289 e. The SMILES string of the molecule is [O]C(=O)c1ccc2c(c1)C(=O)c1ccccc1C2=O. The van der Waals surface area contributed by atoms with Gasteiger partial charge in [-0.1, -0.05) is 24.3 Å². The Morgan fingerprint density at radius 1 is 0.737 bits per heavy atom. The summed E-state index contributed by atoms with van der Waals surface area (Å²) in [5.41, 5.74) is 0.884. The number of rotatable bonds is 1. The molecule has 0 saturated heterocycles. The molecule has 0 amide bonds. The second-order valence-electron chi connectivity index (χ2n) is 4.25. The van der Waals surface area contributed by atoms with Crippen LogP contribution in [0.4, 0.5) is 0 Å². The lowest BCUT2D eigenvalue weighted by atomic mass is 9.83. The van der Waals surface area contributed by atoms with Gasteiger partial charge in [-0.2, -0.15) is 0 Å². The Kier molecular flexibility index (Phi) is 2.32. The predicted molar refractivity (Wildman–Crippen MR) is 64.8 cm³/mol. The second-order valence-corrected chi connectivity index (χ2v) is 4.25. The van der Waals surface area contributed by atoms with Gasteiger partial charge in [0.05, 0.1) is 5.56 Å². The Labute approximate surface area is 108 Å². The Balaban J connectivity index is 2.27. The maximum atomic E-state index is 12.3. The van der Waals surface area contributed by atoms with Crippen LogP contribution in [0.25, 0.3) is 0 Å². The molecule has 1 aliphatic rings. The first-order valence-corrected chi connectivity index (χ1v) is 5.63. The van der Waals surface area contributed by atoms with E-state index in [9.17, 15) is 19.5 Å². The molecule has 2 aromatic rings. The van der Waals surface area contributed by atoms with Crippen molar-refractivity contribution in [3.8, 4) is 0 Å². The van der Waals surface area contributed by atoms with E-state index in [-0.39, 0.29) is 28.3 Å². The highest BCUT2D eigenvalue weighted by Crippen LogP contribution is 2.27. The van der Waals surface area contributed by atoms with Crippen LogP contribution in [0.3, 0.4) is 0 Å². The molecule has 0 N–H and O–H groups in total. The summed E-state index contributed by atoms with van der Waals surface area (Å²) in [7, 11) is 0. The number of ketones is 2. The first-order chi connectivity index (χ1) is 9.09. The fourth-order valence-corrected chi connectivity index (χ4v) is 2.23. The van der Waals surface area contributed by atoms with Crippen LogP contribution in [0.2, 0.25) is 0 Å². The molecular weight excluding hydrogens is 244 g/mol. The Bertz CT molecular complexity index is 744. The number of carbonyl (C=O) groups excluding carboxylic acids is 3. The highest BCUT2D eigenvalue weighted by atomic mass is 16.4. The topological polar surface area (TPSA) is 71.1 Å². The lowest BCUT2D eigenvalue weighted by Gasteiger charge is -2.17. The Hall–Kier alpha value is -2.75. The zero-order valence-corrected chi connectivity index (χ0v) is 9.67. The lowest BCUT2D eigenvalue weighted by Crippen LogP contribution is -2.21. The summed E-state index contributed by atoms with van der Waals surface area (Å²) in [5, 5.41) is 10.8. The largest absolute Gasteiger partial charge is 0.386 e. The minimum atomic E-state index is -1.37. The van der Waals surface area contributed by atoms with Crippen molar-refractivity contribution in [1.82, 2.24) is 0 Å². The van der Waals surface area contributed by atoms with Crippen molar-refractivity contribution in [2.75, 3.05) is 0 Å². The van der Waals surface area contributed by atoms with Crippen LogP contribution >= 0.6 is 0 Å². The fourth-order valence-electron chi connectivity index (χ4n) is 2.23. The maximum absolute atomic E-state index is 12.3. The molecule has 2 aromatic carbocycles. The van der Waals surface area contributed by atoms with Crippen LogP contribution in [0.5, 0.6) is 0 Å². The lowest BCUT2D eigenvalue weighted by molar-refractivity contribution is 0.0573. The van der Waals surface area contributed by atoms with E-state index in [1.807, 2.05) is 0 Å². The van der Waals surface area contributed by atoms with Crippen LogP contribution < -0.4 is 0 Å². The third-order valence-electron chi connectivity index (χ3n) is 3.16. The van der Waals surface area contributed by atoms with Crippen molar-refractivity contribution >= 4 is 17.5 Å². The van der Waals surface area contributed by atoms with Gasteiger partial charge >= 0.3 is 5.97 Å². The molecule has 0 heterocycles. The van der Waals surface area contributed by atoms with Crippen LogP contribution in [-0.4, -0.2) is 17.5 Å². The summed E-state index contributed by atoms with van der Waals surface area (Å²) >= 11 is 0. The van der Waals surface area contributed by atoms with Crippen molar-refractivity contribution in [2.45, 2.75) is 0 Å². The predicted octanol–water partition coefficient (Wildman–Crippen LogP) is 2.03. The molecule has 91 valence electrons. The molecule has 3 rings (SSSR count). The van der Waals surface area contributed by atoms with Gasteiger partial charge < -0.3 is 0 Å². The first-order valence-electron chi connectivity index (χ1n) is 5.63. The van der Waals surface area contributed by atoms with E-state index < -0.39 is 5.97 Å². The molecule has 0 aliphatic heterocycles. The quantitative estimate of drug-likeness (QED) is 0.664. The van der Waals surface area contributed by atoms with Crippen molar-refractivity contribution < 1.29 is 19.5 Å². The highest BCUT2D eigenvalue weighted by Gasteiger charge is 2.29. The minimum absolute atomic E-state index is 0.112. The molecule has 1 aliphatic carbocycles. The molecule has 0 unspecified atom stereocenters. The standard InChI is InChI=1S/C15H7O4/c16-13-9-3-1-2-4-10(9)14(17)12-7-8(15(18)19)5-6-11(12)13/h1-7H. The van der Waals surface area contributed by atoms with Gasteiger partial charge in [0.1, 0.15) is 0 Å². The van der Waals surface area contributed by atoms with Gasteiger partial charge in [-0.05, 0) is 18.2 Å². The zero-order chi connectivity index (χ0) is 13.6. The Morgan fingerprint density at radius 3 is 1.84 bits per heavy atom. The van der Waals surface area contributed by atoms with E-state index in [1.165, 1.54) is 18.2 Å². The summed E-state index contributed by atoms with van der Waals surface area (Å²) in [6.45, 7) is 0. The van der Waals surface area contributed by atoms with Crippen molar-refractivity contribution in [2.24, 2.45) is 0 Å². The zero-order valence-electron chi connectivity index (χ0n) is 9.67. The van der Waals surface area contributed by atoms with Crippen LogP contribution in [0, 0.1) is 0 Å². The maximum Gasteiger partial charge on any atom is 0.386 e. The van der Waals surface area contributed by atoms with Gasteiger partial charge in [0.25, 0.3) is 0 Å². The van der Waals surface area contributed by atoms with Crippen molar-refractivity contribution in [3.63, 3.8) is 0 Å². The molecule has 0 spiro atoms. The molecule has 1 radical (unpaired) electrons. The van der Waals surface area contributed by atoms with E-state index in [0.717, 1.165) is 0 Å². The van der Waals surface area contributed by atoms with E-state index in [2.05, 4.69) is 0 Å². The number of carbonyl (C=O) groups is 3. The van der Waals surface area contributed by atoms with Crippen molar-refractivity contribution in [3.05, 3.63) is 70.3 Å². The number of fused-ring (bicyclic) bond motifs is 2. The van der Waals surface area contributed by atoms with Crippen LogP contribution in [-0.2, 0) is 5.11 Å². The van der Waals surface area contributed by atoms with E-state index in [0.29, 0.717) is 11.1 Å². The number of benzene rings is 2. The average molecular weight is 251 g/mol. The second kappa shape index (κ2) is 3.88. The summed E-state index contributed by atoms with van der Waals surface area (Å²) < 4.78 is 0. The highest BCUT2D eigenvalue weighted by molar-refractivity contribution is 6.28. The monoisotopic (exact) mass is 251 g/mol. The third kappa shape index (κ3) is 1.57. The summed E-state index contributed by atoms with van der Waals surface area (Å²) in [4.78, 5) is 35.3. The van der Waals surface area contributed by atoms with Crippen LogP contribution in [0.1, 0.15) is 42.2 Å². The third-order valence-corrected chi connectivity index (χ3v) is 3.16. The molecule has 0 atom stereocenters. The van der Waals surface area contributed by atoms with Crippen molar-refractivity contribution in [1.29, 1.82) is 0 Å². The average Bonchev–Trinajstić information content (AvgIpc) is 2.44. The molecule has 19 heavy (non-hydrogen) atoms. The Morgan fingerprint density at radius 2 is 1.26 bits per heavy atom. The summed E-state index contributed by atoms with van der Waals surface area (Å²) in [6, 6.07) is 10.3. The molecule has 0 bridgehead atoms. The van der Waals surface area contributed by atoms with Gasteiger partial charge in [-0.25, -0.2) is 9.90 Å². The molecule has 0 aromatic heterocycles. The van der Waals surface area contributed by atoms with Gasteiger partial charge in [-0.3, -0.25) is 9.59 Å². The summed E-state index contributed by atoms with van der Waals surface area (Å²) in [6.07, 6.45) is 0. The molecule has 0 fully saturated rings. The minimum Gasteiger partial charge on any atom is -0.289 e. The van der Waals surface area contributed by atoms with Crippen LogP contribution in [0.15, 0.2) is 42.5 Å². The number of hydrogen-bond acceptors (Lipinski definition) is 3. The molecule has 4 heteroatoms. The van der Waals surface area contributed by atoms with E-state index in [4.69, 9.17) is 0 Å². The van der Waals surface area contributed by atoms with Gasteiger partial charge in [0.2, 0.25) is 0 Å². The van der Waals surface area contributed by atoms with E-state index >= 15 is 0 Å². The first kappa shape index (κ1) is 11.3. The summed E-state index contributed by atoms with van der Waals surface area (Å²) in [5.74, 6) is -1.98. The fraction of sp³-hybridized carbons (Fsp3) is 0. The van der Waals surface area contributed by atoms with Gasteiger partial charge in [0, 0.05) is 22.3 Å². The van der Waals surface area contributed by atoms with E-state index in [1.54, 1.807) is 24.3 Å².